The van der Waals surface area contributed by atoms with Crippen molar-refractivity contribution in [2.45, 2.75) is 18.9 Å². The van der Waals surface area contributed by atoms with E-state index in [2.05, 4.69) is 0 Å². The summed E-state index contributed by atoms with van der Waals surface area (Å²) in [6, 6.07) is 0. The molecule has 0 amide bonds. The van der Waals surface area contributed by atoms with E-state index in [0.29, 0.717) is 25.6 Å². The van der Waals surface area contributed by atoms with Crippen LogP contribution in [0.4, 0.5) is 0 Å². The van der Waals surface area contributed by atoms with Gasteiger partial charge in [-0.15, -0.1) is 0 Å². The largest absolute Gasteiger partial charge is 0.394 e. The molecule has 1 aliphatic carbocycles. The maximum Gasteiger partial charge on any atom is 0.214 e. The fourth-order valence-corrected chi connectivity index (χ4v) is 3.63. The standard InChI is InChI=1S/C9H17NO4S/c11-6-9-5-10(3-4-14-9)15(12,13)7-8-1-2-8/h8-9,11H,1-7H2. The summed E-state index contributed by atoms with van der Waals surface area (Å²) in [5, 5.41) is 8.92. The molecule has 0 aromatic carbocycles. The summed E-state index contributed by atoms with van der Waals surface area (Å²) >= 11 is 0. The number of nitrogens with zero attached hydrogens (tertiary/aromatic N) is 1. The highest BCUT2D eigenvalue weighted by molar-refractivity contribution is 7.89. The molecule has 2 rings (SSSR count). The number of hydrogen-bond acceptors (Lipinski definition) is 4. The molecule has 1 heterocycles. The summed E-state index contributed by atoms with van der Waals surface area (Å²) < 4.78 is 30.4. The number of aliphatic hydroxyl groups is 1. The first-order valence-corrected chi connectivity index (χ1v) is 6.93. The maximum absolute atomic E-state index is 11.9. The number of aliphatic hydroxyl groups excluding tert-OH is 1. The van der Waals surface area contributed by atoms with Crippen molar-refractivity contribution in [1.82, 2.24) is 4.31 Å². The zero-order valence-corrected chi connectivity index (χ0v) is 9.45. The Labute approximate surface area is 90.1 Å². The number of morpholine rings is 1. The van der Waals surface area contributed by atoms with Gasteiger partial charge < -0.3 is 9.84 Å². The Hall–Kier alpha value is -0.170. The van der Waals surface area contributed by atoms with Gasteiger partial charge in [0.15, 0.2) is 0 Å². The second-order valence-electron chi connectivity index (χ2n) is 4.26. The minimum atomic E-state index is -3.12. The lowest BCUT2D eigenvalue weighted by Gasteiger charge is -2.31. The van der Waals surface area contributed by atoms with Gasteiger partial charge in [-0.3, -0.25) is 0 Å². The van der Waals surface area contributed by atoms with E-state index in [0.717, 1.165) is 12.8 Å². The van der Waals surface area contributed by atoms with Crippen molar-refractivity contribution in [2.75, 3.05) is 32.1 Å². The summed E-state index contributed by atoms with van der Waals surface area (Å²) in [5.41, 5.74) is 0. The lowest BCUT2D eigenvalue weighted by Crippen LogP contribution is -2.47. The number of rotatable bonds is 4. The van der Waals surface area contributed by atoms with Gasteiger partial charge in [-0.05, 0) is 18.8 Å². The van der Waals surface area contributed by atoms with E-state index < -0.39 is 10.0 Å². The highest BCUT2D eigenvalue weighted by atomic mass is 32.2. The minimum Gasteiger partial charge on any atom is -0.394 e. The molecule has 1 N–H and O–H groups in total. The Balaban J connectivity index is 1.95. The summed E-state index contributed by atoms with van der Waals surface area (Å²) in [7, 11) is -3.12. The molecule has 88 valence electrons. The quantitative estimate of drug-likeness (QED) is 0.708. The molecule has 1 aliphatic heterocycles. The summed E-state index contributed by atoms with van der Waals surface area (Å²) in [5.74, 6) is 0.635. The molecule has 1 saturated heterocycles. The van der Waals surface area contributed by atoms with Crippen molar-refractivity contribution >= 4 is 10.0 Å². The molecular formula is C9H17NO4S. The van der Waals surface area contributed by atoms with Gasteiger partial charge in [0.05, 0.1) is 25.1 Å². The van der Waals surface area contributed by atoms with Crippen molar-refractivity contribution in [3.8, 4) is 0 Å². The number of ether oxygens (including phenoxy) is 1. The van der Waals surface area contributed by atoms with E-state index in [4.69, 9.17) is 9.84 Å². The van der Waals surface area contributed by atoms with E-state index in [1.54, 1.807) is 0 Å². The molecule has 0 radical (unpaired) electrons. The molecule has 6 heteroatoms. The van der Waals surface area contributed by atoms with Gasteiger partial charge in [0.25, 0.3) is 0 Å². The van der Waals surface area contributed by atoms with Gasteiger partial charge in [0.2, 0.25) is 10.0 Å². The Kier molecular flexibility index (Phi) is 3.30. The molecule has 1 atom stereocenters. The average molecular weight is 235 g/mol. The predicted molar refractivity (Wildman–Crippen MR) is 54.9 cm³/mol. The van der Waals surface area contributed by atoms with Crippen molar-refractivity contribution < 1.29 is 18.3 Å². The predicted octanol–water partition coefficient (Wildman–Crippen LogP) is -0.581. The van der Waals surface area contributed by atoms with Crippen LogP contribution in [0.1, 0.15) is 12.8 Å². The van der Waals surface area contributed by atoms with Gasteiger partial charge in [-0.2, -0.15) is 4.31 Å². The van der Waals surface area contributed by atoms with Crippen LogP contribution in [-0.4, -0.2) is 56.0 Å². The Morgan fingerprint density at radius 3 is 2.73 bits per heavy atom. The van der Waals surface area contributed by atoms with Gasteiger partial charge >= 0.3 is 0 Å². The van der Waals surface area contributed by atoms with Crippen molar-refractivity contribution in [2.24, 2.45) is 5.92 Å². The molecule has 1 saturated carbocycles. The van der Waals surface area contributed by atoms with Gasteiger partial charge in [-0.25, -0.2) is 8.42 Å². The van der Waals surface area contributed by atoms with Crippen LogP contribution in [0.25, 0.3) is 0 Å². The molecule has 0 spiro atoms. The highest BCUT2D eigenvalue weighted by Crippen LogP contribution is 2.31. The third kappa shape index (κ3) is 2.90. The van der Waals surface area contributed by atoms with E-state index in [-0.39, 0.29) is 18.5 Å². The Morgan fingerprint density at radius 1 is 1.40 bits per heavy atom. The van der Waals surface area contributed by atoms with Crippen molar-refractivity contribution in [3.05, 3.63) is 0 Å². The second kappa shape index (κ2) is 4.37. The van der Waals surface area contributed by atoms with Gasteiger partial charge in [0.1, 0.15) is 0 Å². The lowest BCUT2D eigenvalue weighted by molar-refractivity contribution is -0.0304. The molecule has 5 nitrogen and oxygen atoms in total. The highest BCUT2D eigenvalue weighted by Gasteiger charge is 2.34. The fourth-order valence-electron chi connectivity index (χ4n) is 1.74. The first kappa shape index (κ1) is 11.3. The van der Waals surface area contributed by atoms with Crippen LogP contribution in [0.5, 0.6) is 0 Å². The van der Waals surface area contributed by atoms with E-state index in [9.17, 15) is 8.42 Å². The molecule has 0 aromatic rings. The zero-order chi connectivity index (χ0) is 10.9. The zero-order valence-electron chi connectivity index (χ0n) is 8.63. The smallest absolute Gasteiger partial charge is 0.214 e. The lowest BCUT2D eigenvalue weighted by atomic mass is 10.3. The average Bonchev–Trinajstić information content (AvgIpc) is 3.01. The third-order valence-electron chi connectivity index (χ3n) is 2.84. The SMILES string of the molecule is O=S(=O)(CC1CC1)N1CCOC(CO)C1. The van der Waals surface area contributed by atoms with Gasteiger partial charge in [-0.1, -0.05) is 0 Å². The molecule has 0 aromatic heterocycles. The fraction of sp³-hybridized carbons (Fsp3) is 1.00. The number of hydrogen-bond donors (Lipinski definition) is 1. The van der Waals surface area contributed by atoms with Crippen LogP contribution < -0.4 is 0 Å². The second-order valence-corrected chi connectivity index (χ2v) is 6.27. The number of sulfonamides is 1. The van der Waals surface area contributed by atoms with Crippen molar-refractivity contribution in [3.63, 3.8) is 0 Å². The third-order valence-corrected chi connectivity index (χ3v) is 4.85. The van der Waals surface area contributed by atoms with E-state index in [1.807, 2.05) is 0 Å². The van der Waals surface area contributed by atoms with Crippen LogP contribution in [0.2, 0.25) is 0 Å². The molecule has 15 heavy (non-hydrogen) atoms. The summed E-state index contributed by atoms with van der Waals surface area (Å²) in [6.07, 6.45) is 1.72. The molecular weight excluding hydrogens is 218 g/mol. The molecule has 0 bridgehead atoms. The Bertz CT molecular complexity index is 312. The van der Waals surface area contributed by atoms with E-state index in [1.165, 1.54) is 4.31 Å². The molecule has 2 aliphatic rings. The van der Waals surface area contributed by atoms with Crippen LogP contribution in [0.3, 0.4) is 0 Å². The van der Waals surface area contributed by atoms with Gasteiger partial charge in [0, 0.05) is 13.1 Å². The topological polar surface area (TPSA) is 66.8 Å². The summed E-state index contributed by atoms with van der Waals surface area (Å²) in [4.78, 5) is 0. The van der Waals surface area contributed by atoms with Crippen molar-refractivity contribution in [1.29, 1.82) is 0 Å². The van der Waals surface area contributed by atoms with E-state index >= 15 is 0 Å². The van der Waals surface area contributed by atoms with Crippen LogP contribution in [0.15, 0.2) is 0 Å². The first-order valence-electron chi connectivity index (χ1n) is 5.32. The normalized spacial score (nSPS) is 29.3. The van der Waals surface area contributed by atoms with Crippen LogP contribution in [-0.2, 0) is 14.8 Å². The van der Waals surface area contributed by atoms with Crippen LogP contribution in [0, 0.1) is 5.92 Å². The first-order chi connectivity index (χ1) is 7.12. The monoisotopic (exact) mass is 235 g/mol. The minimum absolute atomic E-state index is 0.116. The Morgan fingerprint density at radius 2 is 2.13 bits per heavy atom. The maximum atomic E-state index is 11.9. The van der Waals surface area contributed by atoms with Crippen LogP contribution >= 0.6 is 0 Å². The molecule has 2 fully saturated rings. The summed E-state index contributed by atoms with van der Waals surface area (Å²) in [6.45, 7) is 0.988. The molecule has 1 unspecified atom stereocenters.